The number of benzene rings is 2. The Morgan fingerprint density at radius 3 is 2.65 bits per heavy atom. The molecule has 2 heterocycles. The molecule has 1 saturated heterocycles. The summed E-state index contributed by atoms with van der Waals surface area (Å²) in [6.07, 6.45) is 6.20. The van der Waals surface area contributed by atoms with Crippen molar-refractivity contribution >= 4 is 11.6 Å². The molecule has 1 fully saturated rings. The molecule has 31 heavy (non-hydrogen) atoms. The molecule has 6 nitrogen and oxygen atoms in total. The lowest BCUT2D eigenvalue weighted by Crippen LogP contribution is -2.51. The van der Waals surface area contributed by atoms with Crippen LogP contribution in [0.5, 0.6) is 0 Å². The quantitative estimate of drug-likeness (QED) is 0.456. The van der Waals surface area contributed by atoms with Gasteiger partial charge in [-0.2, -0.15) is 0 Å². The number of imidazole rings is 1. The largest absolute Gasteiger partial charge is 0.369 e. The summed E-state index contributed by atoms with van der Waals surface area (Å²) in [5.74, 6) is 1.83. The number of aromatic nitrogens is 2. The first kappa shape index (κ1) is 21.0. The highest BCUT2D eigenvalue weighted by Gasteiger charge is 2.21. The maximum atomic E-state index is 4.84. The molecule has 1 aliphatic heterocycles. The molecule has 3 aromatic rings. The predicted octanol–water partition coefficient (Wildman–Crippen LogP) is 3.66. The van der Waals surface area contributed by atoms with Gasteiger partial charge in [-0.25, -0.2) is 9.98 Å². The zero-order chi connectivity index (χ0) is 21.3. The third-order valence-corrected chi connectivity index (χ3v) is 5.60. The Kier molecular flexibility index (Phi) is 7.21. The molecule has 0 spiro atoms. The van der Waals surface area contributed by atoms with E-state index < -0.39 is 0 Å². The van der Waals surface area contributed by atoms with Crippen LogP contribution >= 0.6 is 0 Å². The van der Waals surface area contributed by atoms with E-state index in [2.05, 4.69) is 86.6 Å². The lowest BCUT2D eigenvalue weighted by atomic mass is 10.1. The number of nitrogens with one attached hydrogen (secondary N) is 2. The van der Waals surface area contributed by atoms with Crippen LogP contribution in [0.2, 0.25) is 0 Å². The van der Waals surface area contributed by atoms with Crippen LogP contribution in [-0.2, 0) is 13.1 Å². The van der Waals surface area contributed by atoms with E-state index in [9.17, 15) is 0 Å². The minimum absolute atomic E-state index is 0.371. The Morgan fingerprint density at radius 1 is 1.10 bits per heavy atom. The highest BCUT2D eigenvalue weighted by atomic mass is 15.2. The first-order chi connectivity index (χ1) is 15.3. The average molecular weight is 417 g/mol. The van der Waals surface area contributed by atoms with Gasteiger partial charge >= 0.3 is 0 Å². The maximum Gasteiger partial charge on any atom is 0.191 e. The second-order valence-corrected chi connectivity index (χ2v) is 7.92. The fourth-order valence-corrected chi connectivity index (χ4v) is 4.05. The highest BCUT2D eigenvalue weighted by molar-refractivity contribution is 5.80. The summed E-state index contributed by atoms with van der Waals surface area (Å²) in [4.78, 5) is 11.8. The summed E-state index contributed by atoms with van der Waals surface area (Å²) in [6, 6.07) is 21.5. The monoisotopic (exact) mass is 416 g/mol. The van der Waals surface area contributed by atoms with E-state index in [-0.39, 0.29) is 0 Å². The van der Waals surface area contributed by atoms with Crippen LogP contribution in [-0.4, -0.2) is 41.2 Å². The minimum atomic E-state index is 0.371. The number of aliphatic imine (C=N–C) groups is 1. The van der Waals surface area contributed by atoms with Gasteiger partial charge in [-0.3, -0.25) is 0 Å². The molecule has 1 aromatic heterocycles. The highest BCUT2D eigenvalue weighted by Crippen LogP contribution is 2.19. The lowest BCUT2D eigenvalue weighted by molar-refractivity contribution is 0.468. The molecular formula is C25H32N6. The first-order valence-electron chi connectivity index (χ1n) is 11.2. The minimum Gasteiger partial charge on any atom is -0.369 e. The molecule has 1 aliphatic rings. The molecule has 0 amide bonds. The Hall–Kier alpha value is -3.28. The molecule has 4 rings (SSSR count). The number of hydrogen-bond acceptors (Lipinski definition) is 3. The van der Waals surface area contributed by atoms with Crippen molar-refractivity contribution in [3.63, 3.8) is 0 Å². The van der Waals surface area contributed by atoms with Crippen molar-refractivity contribution in [2.45, 2.75) is 38.9 Å². The van der Waals surface area contributed by atoms with Gasteiger partial charge < -0.3 is 20.1 Å². The van der Waals surface area contributed by atoms with Crippen molar-refractivity contribution in [3.05, 3.63) is 84.4 Å². The molecular weight excluding hydrogens is 384 g/mol. The molecule has 0 bridgehead atoms. The Balaban J connectivity index is 1.39. The van der Waals surface area contributed by atoms with Gasteiger partial charge in [-0.15, -0.1) is 0 Å². The van der Waals surface area contributed by atoms with Gasteiger partial charge in [0.1, 0.15) is 12.4 Å². The van der Waals surface area contributed by atoms with Gasteiger partial charge in [0.05, 0.1) is 0 Å². The Labute approximate surface area is 185 Å². The molecule has 0 aliphatic carbocycles. The Morgan fingerprint density at radius 2 is 1.87 bits per heavy atom. The van der Waals surface area contributed by atoms with Gasteiger partial charge in [0.15, 0.2) is 5.96 Å². The lowest BCUT2D eigenvalue weighted by Gasteiger charge is -2.35. The van der Waals surface area contributed by atoms with Gasteiger partial charge in [-0.1, -0.05) is 48.5 Å². The van der Waals surface area contributed by atoms with Crippen LogP contribution in [0.4, 0.5) is 5.69 Å². The second kappa shape index (κ2) is 10.7. The summed E-state index contributed by atoms with van der Waals surface area (Å²) < 4.78 is 2.17. The standard InChI is InChI=1S/C25H32N6/c1-2-26-25(29-22-12-9-16-30(20-22)23-13-7-4-8-14-23)28-18-24-27-15-17-31(24)19-21-10-5-3-6-11-21/h3-8,10-11,13-15,17,22H,2,9,12,16,18-20H2,1H3,(H2,26,28,29). The summed E-state index contributed by atoms with van der Waals surface area (Å²) in [5, 5.41) is 7.05. The third kappa shape index (κ3) is 5.87. The van der Waals surface area contributed by atoms with E-state index in [4.69, 9.17) is 4.99 Å². The van der Waals surface area contributed by atoms with Crippen molar-refractivity contribution in [1.29, 1.82) is 0 Å². The van der Waals surface area contributed by atoms with Crippen molar-refractivity contribution < 1.29 is 0 Å². The van der Waals surface area contributed by atoms with E-state index >= 15 is 0 Å². The number of guanidine groups is 1. The van der Waals surface area contributed by atoms with Crippen LogP contribution < -0.4 is 15.5 Å². The third-order valence-electron chi connectivity index (χ3n) is 5.60. The first-order valence-corrected chi connectivity index (χ1v) is 11.2. The number of piperidine rings is 1. The van der Waals surface area contributed by atoms with E-state index in [1.54, 1.807) is 0 Å². The maximum absolute atomic E-state index is 4.84. The number of anilines is 1. The summed E-state index contributed by atoms with van der Waals surface area (Å²) in [6.45, 7) is 6.38. The van der Waals surface area contributed by atoms with E-state index in [0.29, 0.717) is 12.6 Å². The summed E-state index contributed by atoms with van der Waals surface area (Å²) >= 11 is 0. The van der Waals surface area contributed by atoms with Gasteiger partial charge in [0.2, 0.25) is 0 Å². The van der Waals surface area contributed by atoms with Crippen molar-refractivity contribution in [3.8, 4) is 0 Å². The molecule has 2 aromatic carbocycles. The van der Waals surface area contributed by atoms with E-state index in [1.807, 2.05) is 18.5 Å². The van der Waals surface area contributed by atoms with Crippen LogP contribution in [0.1, 0.15) is 31.2 Å². The van der Waals surface area contributed by atoms with Gasteiger partial charge in [-0.05, 0) is 37.5 Å². The van der Waals surface area contributed by atoms with Crippen molar-refractivity contribution in [2.24, 2.45) is 4.99 Å². The van der Waals surface area contributed by atoms with Crippen LogP contribution in [0.25, 0.3) is 0 Å². The molecule has 0 saturated carbocycles. The fraction of sp³-hybridized carbons (Fsp3) is 0.360. The number of para-hydroxylation sites is 1. The Bertz CT molecular complexity index is 950. The topological polar surface area (TPSA) is 57.5 Å². The van der Waals surface area contributed by atoms with Crippen LogP contribution in [0, 0.1) is 0 Å². The molecule has 162 valence electrons. The number of hydrogen-bond donors (Lipinski definition) is 2. The molecule has 1 atom stereocenters. The van der Waals surface area contributed by atoms with Gasteiger partial charge in [0, 0.05) is 50.3 Å². The van der Waals surface area contributed by atoms with E-state index in [0.717, 1.165) is 44.4 Å². The smallest absolute Gasteiger partial charge is 0.191 e. The zero-order valence-corrected chi connectivity index (χ0v) is 18.2. The van der Waals surface area contributed by atoms with Crippen LogP contribution in [0.3, 0.4) is 0 Å². The van der Waals surface area contributed by atoms with Gasteiger partial charge in [0.25, 0.3) is 0 Å². The molecule has 0 radical (unpaired) electrons. The summed E-state index contributed by atoms with van der Waals surface area (Å²) in [7, 11) is 0. The SMILES string of the molecule is CCNC(=NCc1nccn1Cc1ccccc1)NC1CCCN(c2ccccc2)C1. The fourth-order valence-electron chi connectivity index (χ4n) is 4.05. The molecule has 2 N–H and O–H groups in total. The number of nitrogens with zero attached hydrogens (tertiary/aromatic N) is 4. The van der Waals surface area contributed by atoms with Crippen LogP contribution in [0.15, 0.2) is 78.0 Å². The molecule has 6 heteroatoms. The van der Waals surface area contributed by atoms with E-state index in [1.165, 1.54) is 17.7 Å². The van der Waals surface area contributed by atoms with Crippen molar-refractivity contribution in [2.75, 3.05) is 24.5 Å². The predicted molar refractivity (Wildman–Crippen MR) is 127 cm³/mol. The number of rotatable bonds is 7. The van der Waals surface area contributed by atoms with Crippen molar-refractivity contribution in [1.82, 2.24) is 20.2 Å². The zero-order valence-electron chi connectivity index (χ0n) is 18.2. The summed E-state index contributed by atoms with van der Waals surface area (Å²) in [5.41, 5.74) is 2.55. The average Bonchev–Trinajstić information content (AvgIpc) is 3.26. The second-order valence-electron chi connectivity index (χ2n) is 7.92. The molecule has 1 unspecified atom stereocenters. The normalized spacial score (nSPS) is 16.9.